The summed E-state index contributed by atoms with van der Waals surface area (Å²) in [6.45, 7) is 8.48. The summed E-state index contributed by atoms with van der Waals surface area (Å²) in [5, 5.41) is 3.63. The molecule has 0 saturated carbocycles. The molecular weight excluding hydrogens is 531 g/mol. The van der Waals surface area contributed by atoms with Crippen molar-refractivity contribution in [3.05, 3.63) is 39.3 Å². The van der Waals surface area contributed by atoms with Crippen LogP contribution in [0.3, 0.4) is 0 Å². The topological polar surface area (TPSA) is 85.8 Å². The molecule has 3 aliphatic rings. The van der Waals surface area contributed by atoms with Crippen molar-refractivity contribution in [1.82, 2.24) is 9.97 Å². The standard InChI is InChI=1S/C27H34ClFN4O4S/c1-26(2,3)37-25(34)31-19-13-18(28)16-7-5-8-27(21(16)22(19)29)14-20-17(15-36-27)23(32-24(30-20)38-4)33-9-6-11-35-12-10-33/h13H,5-12,14-15H2,1-4H3,(H,31,34). The molecule has 3 heterocycles. The van der Waals surface area contributed by atoms with Crippen LogP contribution in [-0.4, -0.2) is 54.2 Å². The first-order chi connectivity index (χ1) is 18.1. The maximum absolute atomic E-state index is 16.2. The number of hydrogen-bond acceptors (Lipinski definition) is 8. The van der Waals surface area contributed by atoms with E-state index in [1.54, 1.807) is 20.8 Å². The number of nitrogens with zero attached hydrogens (tertiary/aromatic N) is 3. The van der Waals surface area contributed by atoms with Crippen molar-refractivity contribution in [2.24, 2.45) is 0 Å². The van der Waals surface area contributed by atoms with E-state index in [1.807, 2.05) is 6.26 Å². The number of amides is 1. The molecule has 0 radical (unpaired) electrons. The fraction of sp³-hybridized carbons (Fsp3) is 0.593. The highest BCUT2D eigenvalue weighted by Gasteiger charge is 2.46. The van der Waals surface area contributed by atoms with Gasteiger partial charge in [-0.2, -0.15) is 0 Å². The molecule has 11 heteroatoms. The molecule has 206 valence electrons. The zero-order chi connectivity index (χ0) is 27.1. The lowest BCUT2D eigenvalue weighted by Crippen LogP contribution is -2.42. The second-order valence-corrected chi connectivity index (χ2v) is 12.1. The SMILES string of the molecule is CSc1nc2c(c(N3CCCOCC3)n1)COC1(CCCc3c(Cl)cc(NC(=O)OC(C)(C)C)c(F)c31)C2. The Morgan fingerprint density at radius 2 is 2.05 bits per heavy atom. The van der Waals surface area contributed by atoms with Gasteiger partial charge in [0.05, 0.1) is 24.6 Å². The molecule has 1 saturated heterocycles. The molecule has 1 aliphatic carbocycles. The van der Waals surface area contributed by atoms with Crippen LogP contribution in [0.15, 0.2) is 11.2 Å². The Balaban J connectivity index is 1.54. The van der Waals surface area contributed by atoms with Gasteiger partial charge in [0.25, 0.3) is 0 Å². The van der Waals surface area contributed by atoms with Crippen LogP contribution >= 0.6 is 23.4 Å². The average molecular weight is 565 g/mol. The van der Waals surface area contributed by atoms with Gasteiger partial charge in [-0.3, -0.25) is 5.32 Å². The summed E-state index contributed by atoms with van der Waals surface area (Å²) in [5.74, 6) is 0.331. The molecular formula is C27H34ClFN4O4S. The Morgan fingerprint density at radius 1 is 1.24 bits per heavy atom. The third kappa shape index (κ3) is 5.46. The lowest BCUT2D eigenvalue weighted by Gasteiger charge is -2.43. The highest BCUT2D eigenvalue weighted by molar-refractivity contribution is 7.98. The van der Waals surface area contributed by atoms with Crippen LogP contribution in [0, 0.1) is 5.82 Å². The van der Waals surface area contributed by atoms with Crippen LogP contribution in [0.1, 0.15) is 62.4 Å². The molecule has 1 fully saturated rings. The van der Waals surface area contributed by atoms with Crippen LogP contribution in [0.4, 0.5) is 20.7 Å². The highest BCUT2D eigenvalue weighted by atomic mass is 35.5. The summed E-state index contributed by atoms with van der Waals surface area (Å²) in [7, 11) is 0. The molecule has 8 nitrogen and oxygen atoms in total. The number of thioether (sulfide) groups is 1. The number of halogens is 2. The third-order valence-corrected chi connectivity index (χ3v) is 8.00. The minimum absolute atomic E-state index is 0.0172. The van der Waals surface area contributed by atoms with Crippen molar-refractivity contribution in [2.75, 3.05) is 42.8 Å². The van der Waals surface area contributed by atoms with Gasteiger partial charge in [0, 0.05) is 42.3 Å². The largest absolute Gasteiger partial charge is 0.444 e. The number of fused-ring (bicyclic) bond motifs is 3. The summed E-state index contributed by atoms with van der Waals surface area (Å²) < 4.78 is 33.8. The van der Waals surface area contributed by atoms with Gasteiger partial charge in [-0.1, -0.05) is 23.4 Å². The Hall–Kier alpha value is -2.14. The molecule has 0 bridgehead atoms. The molecule has 1 aromatic carbocycles. The number of nitrogens with one attached hydrogen (secondary N) is 1. The summed E-state index contributed by atoms with van der Waals surface area (Å²) in [6.07, 6.45) is 4.58. The van der Waals surface area contributed by atoms with Crippen LogP contribution in [0.5, 0.6) is 0 Å². The van der Waals surface area contributed by atoms with E-state index >= 15 is 4.39 Å². The van der Waals surface area contributed by atoms with Crippen LogP contribution in [0.2, 0.25) is 5.02 Å². The summed E-state index contributed by atoms with van der Waals surface area (Å²) in [5.41, 5.74) is 1.25. The van der Waals surface area contributed by atoms with Crippen molar-refractivity contribution in [3.8, 4) is 0 Å². The van der Waals surface area contributed by atoms with Crippen molar-refractivity contribution in [3.63, 3.8) is 0 Å². The van der Waals surface area contributed by atoms with Crippen molar-refractivity contribution in [2.45, 2.75) is 75.8 Å². The van der Waals surface area contributed by atoms with E-state index in [4.69, 9.17) is 35.8 Å². The number of hydrogen-bond donors (Lipinski definition) is 1. The quantitative estimate of drug-likeness (QED) is 0.366. The number of rotatable bonds is 3. The fourth-order valence-electron chi connectivity index (χ4n) is 5.52. The highest BCUT2D eigenvalue weighted by Crippen LogP contribution is 2.49. The smallest absolute Gasteiger partial charge is 0.412 e. The van der Waals surface area contributed by atoms with E-state index in [2.05, 4.69) is 10.2 Å². The van der Waals surface area contributed by atoms with Gasteiger partial charge < -0.3 is 19.1 Å². The molecule has 2 aromatic rings. The first-order valence-electron chi connectivity index (χ1n) is 13.0. The van der Waals surface area contributed by atoms with Gasteiger partial charge in [0.15, 0.2) is 11.0 Å². The van der Waals surface area contributed by atoms with Gasteiger partial charge in [-0.25, -0.2) is 19.2 Å². The van der Waals surface area contributed by atoms with E-state index in [-0.39, 0.29) is 12.3 Å². The lowest BCUT2D eigenvalue weighted by atomic mass is 9.74. The number of carbonyl (C=O) groups is 1. The molecule has 1 unspecified atom stereocenters. The van der Waals surface area contributed by atoms with Gasteiger partial charge >= 0.3 is 6.09 Å². The predicted molar refractivity (Wildman–Crippen MR) is 146 cm³/mol. The monoisotopic (exact) mass is 564 g/mol. The fourth-order valence-corrected chi connectivity index (χ4v) is 6.19. The molecule has 1 aromatic heterocycles. The van der Waals surface area contributed by atoms with Gasteiger partial charge in [-0.05, 0) is 64.3 Å². The number of carbonyl (C=O) groups excluding carboxylic acids is 1. The van der Waals surface area contributed by atoms with Gasteiger partial charge in [0.2, 0.25) is 0 Å². The van der Waals surface area contributed by atoms with Gasteiger partial charge in [0.1, 0.15) is 17.0 Å². The predicted octanol–water partition coefficient (Wildman–Crippen LogP) is 5.87. The van der Waals surface area contributed by atoms with Crippen LogP contribution in [-0.2, 0) is 39.3 Å². The Morgan fingerprint density at radius 3 is 2.82 bits per heavy atom. The van der Waals surface area contributed by atoms with Gasteiger partial charge in [-0.15, -0.1) is 0 Å². The Kier molecular flexibility index (Phi) is 7.79. The maximum atomic E-state index is 16.2. The number of anilines is 2. The summed E-state index contributed by atoms with van der Waals surface area (Å²) in [4.78, 5) is 24.4. The first-order valence-corrected chi connectivity index (χ1v) is 14.6. The molecule has 1 atom stereocenters. The molecule has 1 spiro atoms. The Bertz CT molecular complexity index is 1230. The maximum Gasteiger partial charge on any atom is 0.412 e. The number of aromatic nitrogens is 2. The van der Waals surface area contributed by atoms with Crippen LogP contribution in [0.25, 0.3) is 0 Å². The number of ether oxygens (including phenoxy) is 3. The number of benzene rings is 1. The normalized spacial score (nSPS) is 21.5. The molecule has 1 amide bonds. The van der Waals surface area contributed by atoms with E-state index in [0.29, 0.717) is 41.6 Å². The molecule has 2 aliphatic heterocycles. The average Bonchev–Trinajstić information content (AvgIpc) is 3.14. The Labute approximate surface area is 232 Å². The lowest BCUT2D eigenvalue weighted by molar-refractivity contribution is -0.0876. The second-order valence-electron chi connectivity index (χ2n) is 10.9. The van der Waals surface area contributed by atoms with Crippen molar-refractivity contribution < 1.29 is 23.4 Å². The van der Waals surface area contributed by atoms with E-state index in [1.165, 1.54) is 17.8 Å². The van der Waals surface area contributed by atoms with Crippen molar-refractivity contribution in [1.29, 1.82) is 0 Å². The van der Waals surface area contributed by atoms with Crippen molar-refractivity contribution >= 4 is 41.0 Å². The molecule has 1 N–H and O–H groups in total. The molecule has 5 rings (SSSR count). The molecule has 38 heavy (non-hydrogen) atoms. The minimum Gasteiger partial charge on any atom is -0.444 e. The minimum atomic E-state index is -0.941. The van der Waals surface area contributed by atoms with E-state index in [9.17, 15) is 4.79 Å². The van der Waals surface area contributed by atoms with E-state index < -0.39 is 23.1 Å². The zero-order valence-corrected chi connectivity index (χ0v) is 23.9. The second kappa shape index (κ2) is 10.8. The first kappa shape index (κ1) is 27.4. The van der Waals surface area contributed by atoms with Crippen LogP contribution < -0.4 is 10.2 Å². The summed E-state index contributed by atoms with van der Waals surface area (Å²) in [6, 6.07) is 1.46. The summed E-state index contributed by atoms with van der Waals surface area (Å²) >= 11 is 8.15. The van der Waals surface area contributed by atoms with E-state index in [0.717, 1.165) is 55.2 Å². The zero-order valence-electron chi connectivity index (χ0n) is 22.3. The third-order valence-electron chi connectivity index (χ3n) is 7.12.